The third-order valence-corrected chi connectivity index (χ3v) is 5.65. The summed E-state index contributed by atoms with van der Waals surface area (Å²) < 4.78 is 6.54. The van der Waals surface area contributed by atoms with Gasteiger partial charge in [-0.3, -0.25) is 14.2 Å². The summed E-state index contributed by atoms with van der Waals surface area (Å²) in [6.07, 6.45) is 1.43. The smallest absolute Gasteiger partial charge is 0.254 e. The van der Waals surface area contributed by atoms with Crippen molar-refractivity contribution in [3.63, 3.8) is 0 Å². The zero-order valence-corrected chi connectivity index (χ0v) is 18.0. The van der Waals surface area contributed by atoms with Crippen LogP contribution in [-0.2, 0) is 11.3 Å². The number of hydrogen-bond donors (Lipinski definition) is 0. The van der Waals surface area contributed by atoms with Crippen LogP contribution in [0.4, 0.5) is 5.69 Å². The molecule has 0 aliphatic carbocycles. The number of anilines is 1. The zero-order chi connectivity index (χ0) is 21.8. The van der Waals surface area contributed by atoms with Gasteiger partial charge < -0.3 is 14.5 Å². The molecule has 2 heterocycles. The molecule has 4 rings (SSSR count). The molecule has 0 unspecified atom stereocenters. The normalized spacial score (nSPS) is 13.9. The third-order valence-electron chi connectivity index (χ3n) is 5.40. The minimum Gasteiger partial charge on any atom is -0.497 e. The Balaban J connectivity index is 1.36. The summed E-state index contributed by atoms with van der Waals surface area (Å²) in [5, 5.41) is 0.620. The summed E-state index contributed by atoms with van der Waals surface area (Å²) in [4.78, 5) is 33.6. The summed E-state index contributed by atoms with van der Waals surface area (Å²) in [7, 11) is 1.64. The fourth-order valence-corrected chi connectivity index (χ4v) is 3.70. The molecule has 0 atom stereocenters. The highest BCUT2D eigenvalue weighted by molar-refractivity contribution is 6.30. The maximum atomic E-state index is 12.7. The molecule has 8 heteroatoms. The van der Waals surface area contributed by atoms with Crippen LogP contribution in [-0.4, -0.2) is 53.6 Å². The van der Waals surface area contributed by atoms with Gasteiger partial charge >= 0.3 is 0 Å². The van der Waals surface area contributed by atoms with Crippen LogP contribution in [0.25, 0.3) is 11.3 Å². The van der Waals surface area contributed by atoms with Crippen LogP contribution < -0.4 is 15.2 Å². The van der Waals surface area contributed by atoms with Gasteiger partial charge in [-0.15, -0.1) is 0 Å². The number of methoxy groups -OCH3 is 1. The number of aromatic nitrogens is 2. The van der Waals surface area contributed by atoms with E-state index in [1.165, 1.54) is 17.0 Å². The first-order valence-corrected chi connectivity index (χ1v) is 10.4. The zero-order valence-electron chi connectivity index (χ0n) is 17.2. The Bertz CT molecular complexity index is 1100. The molecule has 7 nitrogen and oxygen atoms in total. The summed E-state index contributed by atoms with van der Waals surface area (Å²) in [6, 6.07) is 16.5. The molecule has 0 saturated carbocycles. The van der Waals surface area contributed by atoms with Crippen molar-refractivity contribution in [3.05, 3.63) is 76.3 Å². The summed E-state index contributed by atoms with van der Waals surface area (Å²) in [6.45, 7) is 2.67. The van der Waals surface area contributed by atoms with Crippen LogP contribution in [0.3, 0.4) is 0 Å². The van der Waals surface area contributed by atoms with E-state index in [1.807, 2.05) is 36.4 Å². The molecule has 1 amide bonds. The van der Waals surface area contributed by atoms with Crippen LogP contribution in [0.5, 0.6) is 5.75 Å². The highest BCUT2D eigenvalue weighted by Crippen LogP contribution is 2.21. The lowest BCUT2D eigenvalue weighted by Crippen LogP contribution is -2.50. The average molecular weight is 439 g/mol. The molecule has 1 aromatic heterocycles. The predicted molar refractivity (Wildman–Crippen MR) is 121 cm³/mol. The molecule has 2 aromatic carbocycles. The quantitative estimate of drug-likeness (QED) is 0.612. The molecule has 0 radical (unpaired) electrons. The number of ether oxygens (including phenoxy) is 1. The molecular formula is C23H23ClN4O3. The number of hydrogen-bond acceptors (Lipinski definition) is 5. The molecule has 0 bridgehead atoms. The Morgan fingerprint density at radius 3 is 2.32 bits per heavy atom. The molecule has 0 spiro atoms. The number of carbonyl (C=O) groups excluding carboxylic acids is 1. The lowest BCUT2D eigenvalue weighted by atomic mass is 10.1. The van der Waals surface area contributed by atoms with E-state index in [9.17, 15) is 9.59 Å². The van der Waals surface area contributed by atoms with Gasteiger partial charge in [-0.05, 0) is 36.4 Å². The minimum absolute atomic E-state index is 0.0186. The first-order chi connectivity index (χ1) is 15.0. The predicted octanol–water partition coefficient (Wildman–Crippen LogP) is 2.92. The first kappa shape index (κ1) is 20.9. The van der Waals surface area contributed by atoms with Crippen LogP contribution in [0.15, 0.2) is 65.7 Å². The van der Waals surface area contributed by atoms with Crippen molar-refractivity contribution >= 4 is 23.2 Å². The number of halogens is 1. The Morgan fingerprint density at radius 2 is 1.71 bits per heavy atom. The molecule has 160 valence electrons. The number of carbonyl (C=O) groups is 1. The molecule has 1 aliphatic rings. The molecule has 1 aliphatic heterocycles. The van der Waals surface area contributed by atoms with Gasteiger partial charge in [0, 0.05) is 48.5 Å². The van der Waals surface area contributed by atoms with Crippen molar-refractivity contribution in [2.24, 2.45) is 0 Å². The number of rotatable bonds is 5. The van der Waals surface area contributed by atoms with Crippen LogP contribution in [0.1, 0.15) is 0 Å². The Kier molecular flexibility index (Phi) is 6.23. The van der Waals surface area contributed by atoms with E-state index in [1.54, 1.807) is 24.1 Å². The number of benzene rings is 2. The fraction of sp³-hybridized carbons (Fsp3) is 0.261. The largest absolute Gasteiger partial charge is 0.497 e. The van der Waals surface area contributed by atoms with Crippen LogP contribution >= 0.6 is 11.6 Å². The van der Waals surface area contributed by atoms with Gasteiger partial charge in [0.2, 0.25) is 5.91 Å². The van der Waals surface area contributed by atoms with Crippen LogP contribution in [0.2, 0.25) is 5.02 Å². The van der Waals surface area contributed by atoms with Gasteiger partial charge in [-0.1, -0.05) is 23.7 Å². The molecule has 1 saturated heterocycles. The van der Waals surface area contributed by atoms with Crippen molar-refractivity contribution in [2.45, 2.75) is 6.54 Å². The van der Waals surface area contributed by atoms with Gasteiger partial charge in [0.1, 0.15) is 12.3 Å². The lowest BCUT2D eigenvalue weighted by Gasteiger charge is -2.36. The first-order valence-electron chi connectivity index (χ1n) is 10.0. The topological polar surface area (TPSA) is 67.7 Å². The molecule has 31 heavy (non-hydrogen) atoms. The average Bonchev–Trinajstić information content (AvgIpc) is 2.81. The summed E-state index contributed by atoms with van der Waals surface area (Å²) in [5.41, 5.74) is 2.20. The van der Waals surface area contributed by atoms with E-state index in [4.69, 9.17) is 16.3 Å². The lowest BCUT2D eigenvalue weighted by molar-refractivity contribution is -0.132. The molecular weight excluding hydrogens is 416 g/mol. The molecule has 1 fully saturated rings. The van der Waals surface area contributed by atoms with Gasteiger partial charge in [0.15, 0.2) is 0 Å². The Labute approximate surface area is 185 Å². The minimum atomic E-state index is -0.259. The van der Waals surface area contributed by atoms with Crippen molar-refractivity contribution in [2.75, 3.05) is 38.2 Å². The maximum absolute atomic E-state index is 12.7. The van der Waals surface area contributed by atoms with E-state index < -0.39 is 0 Å². The van der Waals surface area contributed by atoms with E-state index in [2.05, 4.69) is 9.88 Å². The highest BCUT2D eigenvalue weighted by atomic mass is 35.5. The van der Waals surface area contributed by atoms with Gasteiger partial charge in [-0.25, -0.2) is 4.98 Å². The number of piperazine rings is 1. The molecule has 3 aromatic rings. The van der Waals surface area contributed by atoms with Gasteiger partial charge in [0.25, 0.3) is 5.56 Å². The Hall–Kier alpha value is -3.32. The number of amides is 1. The SMILES string of the molecule is COc1ccc(N2CCN(C(=O)Cn3cnc(-c4ccc(Cl)cc4)cc3=O)CC2)cc1. The second-order valence-electron chi connectivity index (χ2n) is 7.31. The monoisotopic (exact) mass is 438 g/mol. The van der Waals surface area contributed by atoms with Crippen molar-refractivity contribution in [1.82, 2.24) is 14.5 Å². The Morgan fingerprint density at radius 1 is 1.03 bits per heavy atom. The standard InChI is InChI=1S/C23H23ClN4O3/c1-31-20-8-6-19(7-9-20)26-10-12-27(13-11-26)23(30)15-28-16-25-21(14-22(28)29)17-2-4-18(24)5-3-17/h2-9,14,16H,10-13,15H2,1H3. The molecule has 0 N–H and O–H groups in total. The number of nitrogens with zero attached hydrogens (tertiary/aromatic N) is 4. The van der Waals surface area contributed by atoms with Crippen molar-refractivity contribution < 1.29 is 9.53 Å². The van der Waals surface area contributed by atoms with Gasteiger partial charge in [0.05, 0.1) is 19.1 Å². The van der Waals surface area contributed by atoms with Crippen molar-refractivity contribution in [3.8, 4) is 17.0 Å². The second-order valence-corrected chi connectivity index (χ2v) is 7.75. The van der Waals surface area contributed by atoms with E-state index in [-0.39, 0.29) is 18.0 Å². The maximum Gasteiger partial charge on any atom is 0.254 e. The fourth-order valence-electron chi connectivity index (χ4n) is 3.58. The van der Waals surface area contributed by atoms with Crippen molar-refractivity contribution in [1.29, 1.82) is 0 Å². The van der Waals surface area contributed by atoms with Crippen LogP contribution in [0, 0.1) is 0 Å². The second kappa shape index (κ2) is 9.22. The highest BCUT2D eigenvalue weighted by Gasteiger charge is 2.22. The summed E-state index contributed by atoms with van der Waals surface area (Å²) >= 11 is 5.91. The van der Waals surface area contributed by atoms with E-state index >= 15 is 0 Å². The van der Waals surface area contributed by atoms with Gasteiger partial charge in [-0.2, -0.15) is 0 Å². The van der Waals surface area contributed by atoms with E-state index in [0.717, 1.165) is 30.1 Å². The summed E-state index contributed by atoms with van der Waals surface area (Å²) in [5.74, 6) is 0.733. The van der Waals surface area contributed by atoms with E-state index in [0.29, 0.717) is 23.8 Å². The third kappa shape index (κ3) is 4.88.